The molecule has 1 aliphatic rings. The van der Waals surface area contributed by atoms with Crippen molar-refractivity contribution < 1.29 is 4.74 Å². The largest absolute Gasteiger partial charge is 0.379 e. The molecule has 1 rings (SSSR count). The van der Waals surface area contributed by atoms with Gasteiger partial charge in [0.2, 0.25) is 0 Å². The molecule has 0 aliphatic carbocycles. The van der Waals surface area contributed by atoms with E-state index in [2.05, 4.69) is 10.9 Å². The average Bonchev–Trinajstić information content (AvgIpc) is 1.90. The van der Waals surface area contributed by atoms with E-state index in [0.717, 1.165) is 26.3 Å². The molecule has 58 valence electrons. The zero-order valence-electron chi connectivity index (χ0n) is 5.05. The van der Waals surface area contributed by atoms with Gasteiger partial charge in [-0.1, -0.05) is 0 Å². The van der Waals surface area contributed by atoms with E-state index in [0.29, 0.717) is 0 Å². The summed E-state index contributed by atoms with van der Waals surface area (Å²) in [5.74, 6) is 0. The van der Waals surface area contributed by atoms with Gasteiger partial charge in [-0.05, 0) is 0 Å². The molecule has 5 heteroatoms. The Labute approximate surface area is 67.3 Å². The lowest BCUT2D eigenvalue weighted by Gasteiger charge is -1.94. The Morgan fingerprint density at radius 1 is 0.889 bits per heavy atom. The molecule has 1 saturated heterocycles. The average molecular weight is 175 g/mol. The number of hydrogen-bond donors (Lipinski definition) is 2. The van der Waals surface area contributed by atoms with Gasteiger partial charge in [0.05, 0.1) is 13.2 Å². The van der Waals surface area contributed by atoms with Crippen molar-refractivity contribution in [1.82, 2.24) is 10.9 Å². The number of hydrogen-bond acceptors (Lipinski definition) is 3. The first-order chi connectivity index (χ1) is 3.50. The van der Waals surface area contributed by atoms with E-state index in [1.807, 2.05) is 0 Å². The molecule has 0 spiro atoms. The molecular formula is C4H12Cl2N2O. The summed E-state index contributed by atoms with van der Waals surface area (Å²) in [6.07, 6.45) is 0. The van der Waals surface area contributed by atoms with Crippen molar-refractivity contribution in [2.45, 2.75) is 0 Å². The predicted molar refractivity (Wildman–Crippen MR) is 41.3 cm³/mol. The molecule has 0 radical (unpaired) electrons. The third-order valence-corrected chi connectivity index (χ3v) is 0.868. The van der Waals surface area contributed by atoms with Gasteiger partial charge in [-0.15, -0.1) is 24.8 Å². The fourth-order valence-electron chi connectivity index (χ4n) is 0.525. The minimum absolute atomic E-state index is 0. The molecule has 3 nitrogen and oxygen atoms in total. The number of nitrogens with one attached hydrogen (secondary N) is 2. The molecule has 0 bridgehead atoms. The minimum atomic E-state index is 0. The second kappa shape index (κ2) is 8.46. The van der Waals surface area contributed by atoms with Crippen molar-refractivity contribution >= 4 is 24.8 Å². The van der Waals surface area contributed by atoms with Crippen molar-refractivity contribution in [3.8, 4) is 0 Å². The van der Waals surface area contributed by atoms with Gasteiger partial charge in [-0.3, -0.25) is 10.9 Å². The van der Waals surface area contributed by atoms with Crippen LogP contribution in [0.4, 0.5) is 0 Å². The van der Waals surface area contributed by atoms with Crippen LogP contribution in [0.15, 0.2) is 0 Å². The molecule has 1 fully saturated rings. The van der Waals surface area contributed by atoms with E-state index in [4.69, 9.17) is 4.74 Å². The Morgan fingerprint density at radius 2 is 1.33 bits per heavy atom. The number of halogens is 2. The Balaban J connectivity index is 0. The van der Waals surface area contributed by atoms with Crippen LogP contribution >= 0.6 is 24.8 Å². The smallest absolute Gasteiger partial charge is 0.0605 e. The van der Waals surface area contributed by atoms with E-state index in [9.17, 15) is 0 Å². The summed E-state index contributed by atoms with van der Waals surface area (Å²) in [6.45, 7) is 3.49. The van der Waals surface area contributed by atoms with Gasteiger partial charge < -0.3 is 4.74 Å². The summed E-state index contributed by atoms with van der Waals surface area (Å²) in [4.78, 5) is 0. The van der Waals surface area contributed by atoms with Crippen LogP contribution in [-0.4, -0.2) is 26.3 Å². The molecule has 1 aliphatic heterocycles. The summed E-state index contributed by atoms with van der Waals surface area (Å²) in [6, 6.07) is 0. The molecule has 0 aromatic carbocycles. The summed E-state index contributed by atoms with van der Waals surface area (Å²) in [5.41, 5.74) is 5.94. The zero-order chi connectivity index (χ0) is 4.95. The summed E-state index contributed by atoms with van der Waals surface area (Å²) in [5, 5.41) is 0. The van der Waals surface area contributed by atoms with Gasteiger partial charge in [0, 0.05) is 13.1 Å². The lowest BCUT2D eigenvalue weighted by atomic mass is 10.7. The van der Waals surface area contributed by atoms with Gasteiger partial charge >= 0.3 is 0 Å². The minimum Gasteiger partial charge on any atom is -0.379 e. The fourth-order valence-corrected chi connectivity index (χ4v) is 0.525. The van der Waals surface area contributed by atoms with Crippen LogP contribution in [0, 0.1) is 0 Å². The van der Waals surface area contributed by atoms with Crippen molar-refractivity contribution in [2.75, 3.05) is 26.3 Å². The van der Waals surface area contributed by atoms with Gasteiger partial charge in [0.25, 0.3) is 0 Å². The topological polar surface area (TPSA) is 33.3 Å². The van der Waals surface area contributed by atoms with Crippen LogP contribution in [0.5, 0.6) is 0 Å². The third-order valence-electron chi connectivity index (χ3n) is 0.868. The quantitative estimate of drug-likeness (QED) is 0.541. The molecule has 1 heterocycles. The lowest BCUT2D eigenvalue weighted by Crippen LogP contribution is -2.32. The Bertz CT molecular complexity index is 36.2. The number of hydrazine groups is 1. The highest BCUT2D eigenvalue weighted by molar-refractivity contribution is 5.85. The molecule has 0 aromatic heterocycles. The number of rotatable bonds is 0. The summed E-state index contributed by atoms with van der Waals surface area (Å²) < 4.78 is 5.07. The van der Waals surface area contributed by atoms with Crippen LogP contribution in [-0.2, 0) is 4.74 Å². The van der Waals surface area contributed by atoms with Crippen LogP contribution < -0.4 is 10.9 Å². The molecule has 0 aromatic rings. The maximum absolute atomic E-state index is 5.07. The fraction of sp³-hybridized carbons (Fsp3) is 1.00. The maximum atomic E-state index is 5.07. The van der Waals surface area contributed by atoms with Gasteiger partial charge in [0.1, 0.15) is 0 Å². The molecule has 0 amide bonds. The van der Waals surface area contributed by atoms with E-state index in [1.54, 1.807) is 0 Å². The maximum Gasteiger partial charge on any atom is 0.0605 e. The van der Waals surface area contributed by atoms with Crippen LogP contribution in [0.25, 0.3) is 0 Å². The highest BCUT2D eigenvalue weighted by Crippen LogP contribution is 1.73. The number of ether oxygens (including phenoxy) is 1. The highest BCUT2D eigenvalue weighted by Gasteiger charge is 1.92. The van der Waals surface area contributed by atoms with Gasteiger partial charge in [-0.25, -0.2) is 0 Å². The van der Waals surface area contributed by atoms with E-state index in [-0.39, 0.29) is 24.8 Å². The first kappa shape index (κ1) is 12.2. The van der Waals surface area contributed by atoms with E-state index < -0.39 is 0 Å². The highest BCUT2D eigenvalue weighted by atomic mass is 35.5. The first-order valence-corrected chi connectivity index (χ1v) is 2.53. The van der Waals surface area contributed by atoms with Gasteiger partial charge in [0.15, 0.2) is 0 Å². The molecule has 9 heavy (non-hydrogen) atoms. The zero-order valence-corrected chi connectivity index (χ0v) is 6.69. The summed E-state index contributed by atoms with van der Waals surface area (Å²) in [7, 11) is 0. The third kappa shape index (κ3) is 6.34. The monoisotopic (exact) mass is 174 g/mol. The van der Waals surface area contributed by atoms with Crippen LogP contribution in [0.2, 0.25) is 0 Å². The van der Waals surface area contributed by atoms with Crippen molar-refractivity contribution in [3.63, 3.8) is 0 Å². The summed E-state index contributed by atoms with van der Waals surface area (Å²) >= 11 is 0. The standard InChI is InChI=1S/C4H10N2O.2ClH/c1-3-7-4-2-6-5-1;;/h5-6H,1-4H2;2*1H. The van der Waals surface area contributed by atoms with Crippen molar-refractivity contribution in [3.05, 3.63) is 0 Å². The van der Waals surface area contributed by atoms with E-state index >= 15 is 0 Å². The molecular weight excluding hydrogens is 163 g/mol. The lowest BCUT2D eigenvalue weighted by molar-refractivity contribution is 0.157. The molecule has 0 atom stereocenters. The van der Waals surface area contributed by atoms with Crippen molar-refractivity contribution in [1.29, 1.82) is 0 Å². The molecule has 0 unspecified atom stereocenters. The van der Waals surface area contributed by atoms with Gasteiger partial charge in [-0.2, -0.15) is 0 Å². The molecule has 0 saturated carbocycles. The van der Waals surface area contributed by atoms with Crippen molar-refractivity contribution in [2.24, 2.45) is 0 Å². The second-order valence-electron chi connectivity index (χ2n) is 1.47. The SMILES string of the molecule is C1COCCNN1.Cl.Cl. The Morgan fingerprint density at radius 3 is 1.78 bits per heavy atom. The van der Waals surface area contributed by atoms with Crippen LogP contribution in [0.1, 0.15) is 0 Å². The normalized spacial score (nSPS) is 18.7. The second-order valence-corrected chi connectivity index (χ2v) is 1.47. The predicted octanol–water partition coefficient (Wildman–Crippen LogP) is -0.0456. The Hall–Kier alpha value is 0.460. The van der Waals surface area contributed by atoms with E-state index in [1.165, 1.54) is 0 Å². The molecule has 2 N–H and O–H groups in total. The van der Waals surface area contributed by atoms with Crippen LogP contribution in [0.3, 0.4) is 0 Å². The Kier molecular flexibility index (Phi) is 11.4. The first-order valence-electron chi connectivity index (χ1n) is 2.53.